The second-order valence-electron chi connectivity index (χ2n) is 14.4. The molecule has 0 bridgehead atoms. The summed E-state index contributed by atoms with van der Waals surface area (Å²) in [4.78, 5) is 5.09. The monoisotopic (exact) mass is 620 g/mol. The SMILES string of the molecule is CC(C)(C)c1cc(CNC2CCCCC2N=Cc2cccc(P(c3ccccc3)c3ccccc3)c2O)c(O)c(C(C)(C)C)c1. The molecule has 0 aromatic heterocycles. The van der Waals surface area contributed by atoms with Gasteiger partial charge in [0.1, 0.15) is 11.5 Å². The molecule has 5 rings (SSSR count). The highest BCUT2D eigenvalue weighted by Gasteiger charge is 2.28. The number of para-hydroxylation sites is 1. The molecule has 2 atom stereocenters. The van der Waals surface area contributed by atoms with Gasteiger partial charge in [0, 0.05) is 35.2 Å². The van der Waals surface area contributed by atoms with E-state index in [4.69, 9.17) is 4.99 Å². The van der Waals surface area contributed by atoms with Crippen LogP contribution < -0.4 is 21.2 Å². The molecule has 0 saturated heterocycles. The summed E-state index contributed by atoms with van der Waals surface area (Å²) in [5.74, 6) is 0.702. The van der Waals surface area contributed by atoms with E-state index in [2.05, 4.69) is 108 Å². The van der Waals surface area contributed by atoms with Crippen LogP contribution >= 0.6 is 7.92 Å². The highest BCUT2D eigenvalue weighted by Crippen LogP contribution is 2.39. The Morgan fingerprint density at radius 3 is 1.98 bits per heavy atom. The molecule has 2 unspecified atom stereocenters. The van der Waals surface area contributed by atoms with Crippen molar-refractivity contribution in [2.45, 2.75) is 96.7 Å². The number of phenols is 2. The van der Waals surface area contributed by atoms with E-state index in [1.165, 1.54) is 16.2 Å². The molecular formula is C40H49N2O2P. The largest absolute Gasteiger partial charge is 0.507 e. The number of hydrogen-bond donors (Lipinski definition) is 3. The van der Waals surface area contributed by atoms with Crippen molar-refractivity contribution in [1.82, 2.24) is 5.32 Å². The molecule has 1 fully saturated rings. The topological polar surface area (TPSA) is 64.9 Å². The van der Waals surface area contributed by atoms with Crippen LogP contribution in [-0.4, -0.2) is 28.5 Å². The Balaban J connectivity index is 1.40. The smallest absolute Gasteiger partial charge is 0.132 e. The van der Waals surface area contributed by atoms with Crippen molar-refractivity contribution < 1.29 is 10.2 Å². The number of phenolic OH excluding ortho intramolecular Hbond substituents is 2. The van der Waals surface area contributed by atoms with Crippen LogP contribution in [0.3, 0.4) is 0 Å². The lowest BCUT2D eigenvalue weighted by molar-refractivity contribution is 0.326. The summed E-state index contributed by atoms with van der Waals surface area (Å²) in [5.41, 5.74) is 3.75. The third-order valence-electron chi connectivity index (χ3n) is 8.87. The van der Waals surface area contributed by atoms with Gasteiger partial charge < -0.3 is 15.5 Å². The van der Waals surface area contributed by atoms with Gasteiger partial charge >= 0.3 is 0 Å². The molecule has 1 aliphatic rings. The van der Waals surface area contributed by atoms with E-state index in [9.17, 15) is 10.2 Å². The van der Waals surface area contributed by atoms with Gasteiger partial charge in [-0.15, -0.1) is 0 Å². The normalized spacial score (nSPS) is 17.7. The maximum atomic E-state index is 11.6. The second-order valence-corrected chi connectivity index (χ2v) is 16.6. The van der Waals surface area contributed by atoms with Crippen molar-refractivity contribution in [3.8, 4) is 11.5 Å². The average molecular weight is 621 g/mol. The molecule has 1 aliphatic carbocycles. The molecule has 4 nitrogen and oxygen atoms in total. The molecule has 0 amide bonds. The summed E-state index contributed by atoms with van der Waals surface area (Å²) in [5, 5.41) is 30.1. The van der Waals surface area contributed by atoms with E-state index in [-0.39, 0.29) is 22.9 Å². The van der Waals surface area contributed by atoms with E-state index >= 15 is 0 Å². The summed E-state index contributed by atoms with van der Waals surface area (Å²) < 4.78 is 0. The fourth-order valence-corrected chi connectivity index (χ4v) is 8.56. The lowest BCUT2D eigenvalue weighted by Gasteiger charge is -2.31. The molecule has 4 aromatic carbocycles. The average Bonchev–Trinajstić information content (AvgIpc) is 3.01. The zero-order valence-electron chi connectivity index (χ0n) is 27.7. The Morgan fingerprint density at radius 1 is 0.756 bits per heavy atom. The Morgan fingerprint density at radius 2 is 1.38 bits per heavy atom. The quantitative estimate of drug-likeness (QED) is 0.138. The Kier molecular flexibility index (Phi) is 10.2. The first-order valence-corrected chi connectivity index (χ1v) is 17.6. The predicted molar refractivity (Wildman–Crippen MR) is 193 cm³/mol. The van der Waals surface area contributed by atoms with E-state index in [1.807, 2.05) is 36.5 Å². The number of rotatable bonds is 8. The summed E-state index contributed by atoms with van der Waals surface area (Å²) in [6.45, 7) is 13.7. The fourth-order valence-electron chi connectivity index (χ4n) is 6.19. The first-order chi connectivity index (χ1) is 21.4. The van der Waals surface area contributed by atoms with Gasteiger partial charge in [-0.25, -0.2) is 0 Å². The Bertz CT molecular complexity index is 1560. The maximum absolute atomic E-state index is 11.6. The number of aromatic hydroxyl groups is 2. The maximum Gasteiger partial charge on any atom is 0.132 e. The van der Waals surface area contributed by atoms with Crippen molar-refractivity contribution in [2.75, 3.05) is 0 Å². The Labute approximate surface area is 271 Å². The summed E-state index contributed by atoms with van der Waals surface area (Å²) in [6.07, 6.45) is 6.20. The molecule has 0 radical (unpaired) electrons. The molecule has 0 aliphatic heterocycles. The van der Waals surface area contributed by atoms with Gasteiger partial charge in [0.15, 0.2) is 0 Å². The minimum absolute atomic E-state index is 0.0159. The fraction of sp³-hybridized carbons (Fsp3) is 0.375. The molecule has 3 N–H and O–H groups in total. The van der Waals surface area contributed by atoms with Crippen LogP contribution in [0.2, 0.25) is 0 Å². The zero-order valence-corrected chi connectivity index (χ0v) is 28.6. The van der Waals surface area contributed by atoms with Crippen LogP contribution in [0.1, 0.15) is 89.5 Å². The molecule has 1 saturated carbocycles. The van der Waals surface area contributed by atoms with Crippen molar-refractivity contribution in [3.63, 3.8) is 0 Å². The van der Waals surface area contributed by atoms with Gasteiger partial charge in [-0.3, -0.25) is 4.99 Å². The summed E-state index contributed by atoms with van der Waals surface area (Å²) in [7, 11) is -0.922. The summed E-state index contributed by atoms with van der Waals surface area (Å²) in [6, 6.07) is 31.6. The number of nitrogens with zero attached hydrogens (tertiary/aromatic N) is 1. The Hall–Kier alpha value is -3.46. The molecule has 5 heteroatoms. The third-order valence-corrected chi connectivity index (χ3v) is 11.3. The highest BCUT2D eigenvalue weighted by molar-refractivity contribution is 7.80. The van der Waals surface area contributed by atoms with Crippen LogP contribution in [0.25, 0.3) is 0 Å². The van der Waals surface area contributed by atoms with Crippen LogP contribution in [0, 0.1) is 0 Å². The van der Waals surface area contributed by atoms with Crippen LogP contribution in [0.4, 0.5) is 0 Å². The van der Waals surface area contributed by atoms with Gasteiger partial charge in [-0.1, -0.05) is 139 Å². The van der Waals surface area contributed by atoms with E-state index < -0.39 is 7.92 Å². The lowest BCUT2D eigenvalue weighted by Crippen LogP contribution is -2.41. The third kappa shape index (κ3) is 7.86. The number of nitrogens with one attached hydrogen (secondary N) is 1. The van der Waals surface area contributed by atoms with Gasteiger partial charge in [-0.2, -0.15) is 0 Å². The van der Waals surface area contributed by atoms with Gasteiger partial charge in [0.2, 0.25) is 0 Å². The lowest BCUT2D eigenvalue weighted by atomic mass is 9.79. The van der Waals surface area contributed by atoms with Crippen LogP contribution in [-0.2, 0) is 17.4 Å². The minimum atomic E-state index is -0.922. The van der Waals surface area contributed by atoms with E-state index in [0.717, 1.165) is 47.7 Å². The first-order valence-electron chi connectivity index (χ1n) is 16.3. The molecule has 236 valence electrons. The van der Waals surface area contributed by atoms with Crippen LogP contribution in [0.15, 0.2) is 96.0 Å². The molecule has 45 heavy (non-hydrogen) atoms. The van der Waals surface area contributed by atoms with Crippen molar-refractivity contribution >= 4 is 30.0 Å². The predicted octanol–water partition coefficient (Wildman–Crippen LogP) is 7.97. The zero-order chi connectivity index (χ0) is 32.2. The standard InChI is InChI=1S/C40H49N2O2P/c1-39(2,3)30-24-29(37(43)33(25-30)40(4,5)6)27-42-35-22-14-13-21-34(35)41-26-28-16-15-23-36(38(28)44)45(31-17-9-7-10-18-31)32-19-11-8-12-20-32/h7-12,15-20,23-26,34-35,42-44H,13-14,21-22,27H2,1-6H3. The van der Waals surface area contributed by atoms with Crippen LogP contribution in [0.5, 0.6) is 11.5 Å². The second kappa shape index (κ2) is 13.9. The molecule has 0 heterocycles. The van der Waals surface area contributed by atoms with Crippen molar-refractivity contribution in [2.24, 2.45) is 4.99 Å². The van der Waals surface area contributed by atoms with Gasteiger partial charge in [0.05, 0.1) is 6.04 Å². The highest BCUT2D eigenvalue weighted by atomic mass is 31.1. The summed E-state index contributed by atoms with van der Waals surface area (Å²) >= 11 is 0. The van der Waals surface area contributed by atoms with Gasteiger partial charge in [0.25, 0.3) is 0 Å². The van der Waals surface area contributed by atoms with E-state index in [1.54, 1.807) is 0 Å². The minimum Gasteiger partial charge on any atom is -0.507 e. The van der Waals surface area contributed by atoms with Crippen molar-refractivity contribution in [1.29, 1.82) is 0 Å². The molecular weight excluding hydrogens is 571 g/mol. The number of hydrogen-bond acceptors (Lipinski definition) is 4. The molecule has 4 aromatic rings. The van der Waals surface area contributed by atoms with E-state index in [0.29, 0.717) is 18.0 Å². The number of aliphatic imine (C=N–C) groups is 1. The van der Waals surface area contributed by atoms with Gasteiger partial charge in [-0.05, 0) is 59.4 Å². The van der Waals surface area contributed by atoms with Crippen molar-refractivity contribution in [3.05, 3.63) is 113 Å². The number of benzene rings is 4. The molecule has 0 spiro atoms. The first kappa shape index (κ1) is 32.9.